The highest BCUT2D eigenvalue weighted by Gasteiger charge is 2.37. The zero-order valence-electron chi connectivity index (χ0n) is 15.4. The van der Waals surface area contributed by atoms with Crippen LogP contribution in [-0.2, 0) is 11.0 Å². The van der Waals surface area contributed by atoms with Gasteiger partial charge in [-0.1, -0.05) is 0 Å². The fraction of sp³-hybridized carbons (Fsp3) is 0.316. The molecule has 2 aromatic carbocycles. The minimum Gasteiger partial charge on any atom is -0.497 e. The van der Waals surface area contributed by atoms with Crippen molar-refractivity contribution in [3.05, 3.63) is 52.3 Å². The third kappa shape index (κ3) is 4.94. The van der Waals surface area contributed by atoms with E-state index in [9.17, 15) is 22.4 Å². The van der Waals surface area contributed by atoms with E-state index in [0.717, 1.165) is 0 Å². The molecular weight excluding hydrogens is 402 g/mol. The zero-order valence-corrected chi connectivity index (χ0v) is 16.2. The Labute approximate surface area is 165 Å². The van der Waals surface area contributed by atoms with E-state index in [2.05, 4.69) is 0 Å². The van der Waals surface area contributed by atoms with Crippen LogP contribution >= 0.6 is 12.4 Å². The standard InChI is InChI=1S/C19H19F4NO3.ClH/c1-9-4-12(27-3)5-10(2)17(9)11-6-13(15(24)8-16(25)26)18(20)14(7-11)19(21,22)23;/h4-7,15H,8,24H2,1-3H3,(H,25,26);1H/t15-;/m0./s1. The molecule has 4 nitrogen and oxygen atoms in total. The lowest BCUT2D eigenvalue weighted by molar-refractivity contribution is -0.140. The van der Waals surface area contributed by atoms with Gasteiger partial charge in [-0.2, -0.15) is 13.2 Å². The second-order valence-corrected chi connectivity index (χ2v) is 6.27. The Kier molecular flexibility index (Phi) is 7.45. The number of carbonyl (C=O) groups is 1. The third-order valence-electron chi connectivity index (χ3n) is 4.23. The molecule has 0 aliphatic rings. The van der Waals surface area contributed by atoms with Gasteiger partial charge in [0.25, 0.3) is 0 Å². The first kappa shape index (κ1) is 23.7. The van der Waals surface area contributed by atoms with E-state index in [0.29, 0.717) is 28.5 Å². The Balaban J connectivity index is 0.00000392. The van der Waals surface area contributed by atoms with Gasteiger partial charge >= 0.3 is 12.1 Å². The maximum Gasteiger partial charge on any atom is 0.419 e. The molecule has 0 aliphatic carbocycles. The molecule has 0 heterocycles. The first-order valence-corrected chi connectivity index (χ1v) is 7.99. The first-order chi connectivity index (χ1) is 12.5. The number of carboxylic acid groups (broad SMARTS) is 1. The van der Waals surface area contributed by atoms with Crippen molar-refractivity contribution in [2.75, 3.05) is 7.11 Å². The minimum atomic E-state index is -4.95. The predicted molar refractivity (Wildman–Crippen MR) is 99.3 cm³/mol. The number of aryl methyl sites for hydroxylation is 2. The summed E-state index contributed by atoms with van der Waals surface area (Å²) in [5, 5.41) is 8.86. The minimum absolute atomic E-state index is 0. The van der Waals surface area contributed by atoms with Gasteiger partial charge in [0.1, 0.15) is 11.6 Å². The van der Waals surface area contributed by atoms with Gasteiger partial charge in [-0.25, -0.2) is 4.39 Å². The Bertz CT molecular complexity index is 861. The van der Waals surface area contributed by atoms with E-state index in [4.69, 9.17) is 15.6 Å². The smallest absolute Gasteiger partial charge is 0.419 e. The van der Waals surface area contributed by atoms with E-state index in [1.54, 1.807) is 26.0 Å². The number of hydrogen-bond donors (Lipinski definition) is 2. The van der Waals surface area contributed by atoms with E-state index >= 15 is 0 Å². The molecule has 0 spiro atoms. The molecule has 0 unspecified atom stereocenters. The molecular formula is C19H20ClF4NO3. The molecule has 28 heavy (non-hydrogen) atoms. The highest BCUT2D eigenvalue weighted by atomic mass is 35.5. The molecule has 0 bridgehead atoms. The molecule has 0 radical (unpaired) electrons. The Morgan fingerprint density at radius 2 is 1.71 bits per heavy atom. The largest absolute Gasteiger partial charge is 0.497 e. The Morgan fingerprint density at radius 1 is 1.18 bits per heavy atom. The van der Waals surface area contributed by atoms with Crippen LogP contribution in [0.2, 0.25) is 0 Å². The first-order valence-electron chi connectivity index (χ1n) is 7.99. The monoisotopic (exact) mass is 421 g/mol. The van der Waals surface area contributed by atoms with Gasteiger partial charge in [-0.3, -0.25) is 4.79 Å². The Morgan fingerprint density at radius 3 is 2.14 bits per heavy atom. The predicted octanol–water partition coefficient (Wildman–Crippen LogP) is 5.03. The van der Waals surface area contributed by atoms with Crippen molar-refractivity contribution in [2.45, 2.75) is 32.5 Å². The van der Waals surface area contributed by atoms with Crippen LogP contribution in [-0.4, -0.2) is 18.2 Å². The number of halogens is 5. The number of benzene rings is 2. The van der Waals surface area contributed by atoms with Gasteiger partial charge in [0.05, 0.1) is 19.1 Å². The quantitative estimate of drug-likeness (QED) is 0.664. The number of alkyl halides is 3. The van der Waals surface area contributed by atoms with Gasteiger partial charge < -0.3 is 15.6 Å². The van der Waals surface area contributed by atoms with Crippen LogP contribution in [0.3, 0.4) is 0 Å². The second-order valence-electron chi connectivity index (χ2n) is 6.27. The number of rotatable bonds is 5. The number of hydrogen-bond acceptors (Lipinski definition) is 3. The van der Waals surface area contributed by atoms with E-state index in [1.807, 2.05) is 0 Å². The van der Waals surface area contributed by atoms with Gasteiger partial charge in [0, 0.05) is 11.6 Å². The van der Waals surface area contributed by atoms with Crippen molar-refractivity contribution in [3.8, 4) is 16.9 Å². The number of carboxylic acids is 1. The van der Waals surface area contributed by atoms with Crippen LogP contribution in [0.15, 0.2) is 24.3 Å². The summed E-state index contributed by atoms with van der Waals surface area (Å²) in [7, 11) is 1.47. The lowest BCUT2D eigenvalue weighted by Gasteiger charge is -2.19. The summed E-state index contributed by atoms with van der Waals surface area (Å²) in [5.41, 5.74) is 5.54. The molecule has 154 valence electrons. The molecule has 0 aromatic heterocycles. The van der Waals surface area contributed by atoms with E-state index in [-0.39, 0.29) is 18.0 Å². The normalized spacial score (nSPS) is 12.3. The topological polar surface area (TPSA) is 72.5 Å². The van der Waals surface area contributed by atoms with Crippen LogP contribution in [0.4, 0.5) is 17.6 Å². The molecule has 3 N–H and O–H groups in total. The maximum absolute atomic E-state index is 14.5. The van der Waals surface area contributed by atoms with Crippen molar-refractivity contribution >= 4 is 18.4 Å². The summed E-state index contributed by atoms with van der Waals surface area (Å²) >= 11 is 0. The van der Waals surface area contributed by atoms with E-state index in [1.165, 1.54) is 13.2 Å². The van der Waals surface area contributed by atoms with Gasteiger partial charge in [-0.05, 0) is 60.4 Å². The number of nitrogens with two attached hydrogens (primary N) is 1. The number of ether oxygens (including phenoxy) is 1. The fourth-order valence-electron chi connectivity index (χ4n) is 3.06. The Hall–Kier alpha value is -2.32. The van der Waals surface area contributed by atoms with Crippen molar-refractivity contribution in [1.82, 2.24) is 0 Å². The van der Waals surface area contributed by atoms with E-state index < -0.39 is 41.6 Å². The van der Waals surface area contributed by atoms with Gasteiger partial charge in [0.15, 0.2) is 0 Å². The lowest BCUT2D eigenvalue weighted by atomic mass is 9.90. The van der Waals surface area contributed by atoms with Gasteiger partial charge in [-0.15, -0.1) is 12.4 Å². The fourth-order valence-corrected chi connectivity index (χ4v) is 3.06. The number of aliphatic carboxylic acids is 1. The average Bonchev–Trinajstić information content (AvgIpc) is 2.53. The number of methoxy groups -OCH3 is 1. The summed E-state index contributed by atoms with van der Waals surface area (Å²) in [6, 6.07) is 3.78. The molecule has 0 saturated carbocycles. The van der Waals surface area contributed by atoms with Crippen LogP contribution in [0.1, 0.15) is 34.7 Å². The summed E-state index contributed by atoms with van der Waals surface area (Å²) in [5.74, 6) is -2.35. The van der Waals surface area contributed by atoms with Crippen LogP contribution in [0.5, 0.6) is 5.75 Å². The molecule has 2 aromatic rings. The zero-order chi connectivity index (χ0) is 20.5. The molecule has 0 aliphatic heterocycles. The average molecular weight is 422 g/mol. The van der Waals surface area contributed by atoms with Crippen molar-refractivity contribution in [1.29, 1.82) is 0 Å². The third-order valence-corrected chi connectivity index (χ3v) is 4.23. The second kappa shape index (κ2) is 8.79. The molecule has 0 saturated heterocycles. The summed E-state index contributed by atoms with van der Waals surface area (Å²) < 4.78 is 59.7. The molecule has 0 amide bonds. The van der Waals surface area contributed by atoms with Crippen LogP contribution < -0.4 is 10.5 Å². The molecule has 1 atom stereocenters. The molecule has 2 rings (SSSR count). The highest BCUT2D eigenvalue weighted by molar-refractivity contribution is 5.85. The van der Waals surface area contributed by atoms with Crippen molar-refractivity contribution in [3.63, 3.8) is 0 Å². The maximum atomic E-state index is 14.5. The molecule has 0 fully saturated rings. The van der Waals surface area contributed by atoms with Crippen molar-refractivity contribution < 1.29 is 32.2 Å². The SMILES string of the molecule is COc1cc(C)c(-c2cc([C@@H](N)CC(=O)O)c(F)c(C(F)(F)F)c2)c(C)c1.Cl. The highest BCUT2D eigenvalue weighted by Crippen LogP contribution is 2.40. The summed E-state index contributed by atoms with van der Waals surface area (Å²) in [6.45, 7) is 3.39. The summed E-state index contributed by atoms with van der Waals surface area (Å²) in [4.78, 5) is 10.9. The van der Waals surface area contributed by atoms with Crippen LogP contribution in [0, 0.1) is 19.7 Å². The summed E-state index contributed by atoms with van der Waals surface area (Å²) in [6.07, 6.45) is -5.65. The van der Waals surface area contributed by atoms with Crippen LogP contribution in [0.25, 0.3) is 11.1 Å². The van der Waals surface area contributed by atoms with Gasteiger partial charge in [0.2, 0.25) is 0 Å². The lowest BCUT2D eigenvalue weighted by Crippen LogP contribution is -2.19. The van der Waals surface area contributed by atoms with Crippen molar-refractivity contribution in [2.24, 2.45) is 5.73 Å². The molecule has 9 heteroatoms.